The third-order valence-electron chi connectivity index (χ3n) is 3.43. The Morgan fingerprint density at radius 2 is 1.92 bits per heavy atom. The van der Waals surface area contributed by atoms with Crippen molar-refractivity contribution in [1.29, 1.82) is 0 Å². The molecule has 0 aliphatic heterocycles. The fourth-order valence-corrected chi connectivity index (χ4v) is 2.66. The first-order valence-corrected chi connectivity index (χ1v) is 8.33. The molecule has 6 heteroatoms. The lowest BCUT2D eigenvalue weighted by molar-refractivity contribution is 0.280. The molecule has 2 aromatic carbocycles. The number of hydrogen-bond donors (Lipinski definition) is 1. The van der Waals surface area contributed by atoms with Crippen LogP contribution in [0.5, 0.6) is 11.5 Å². The molecule has 0 saturated carbocycles. The van der Waals surface area contributed by atoms with Crippen molar-refractivity contribution < 1.29 is 13.9 Å². The maximum Gasteiger partial charge on any atom is 0.180 e. The summed E-state index contributed by atoms with van der Waals surface area (Å²) in [7, 11) is 1.54. The Kier molecular flexibility index (Phi) is 6.72. The van der Waals surface area contributed by atoms with Crippen molar-refractivity contribution in [2.24, 2.45) is 0 Å². The highest BCUT2D eigenvalue weighted by Gasteiger charge is 2.15. The summed E-state index contributed by atoms with van der Waals surface area (Å²) in [5, 5.41) is 4.02. The van der Waals surface area contributed by atoms with E-state index in [1.165, 1.54) is 13.2 Å². The summed E-state index contributed by atoms with van der Waals surface area (Å²) in [5.41, 5.74) is 1.25. The van der Waals surface area contributed by atoms with Crippen LogP contribution in [0.1, 0.15) is 25.0 Å². The molecule has 0 saturated heterocycles. The van der Waals surface area contributed by atoms with Gasteiger partial charge in [-0.1, -0.05) is 43.1 Å². The van der Waals surface area contributed by atoms with Crippen molar-refractivity contribution in [1.82, 2.24) is 5.32 Å². The first-order chi connectivity index (χ1) is 11.4. The van der Waals surface area contributed by atoms with E-state index in [2.05, 4.69) is 19.2 Å². The Labute approximate surface area is 151 Å². The quantitative estimate of drug-likeness (QED) is 0.723. The lowest BCUT2D eigenvalue weighted by Crippen LogP contribution is -2.21. The highest BCUT2D eigenvalue weighted by molar-refractivity contribution is 6.32. The summed E-state index contributed by atoms with van der Waals surface area (Å²) in [5.74, 6) is 0.442. The first-order valence-electron chi connectivity index (χ1n) is 7.57. The largest absolute Gasteiger partial charge is 0.493 e. The molecular formula is C18H20Cl2FNO2. The molecule has 0 spiro atoms. The molecule has 0 radical (unpaired) electrons. The zero-order chi connectivity index (χ0) is 17.7. The smallest absolute Gasteiger partial charge is 0.180 e. The topological polar surface area (TPSA) is 30.5 Å². The standard InChI is InChI=1S/C18H20Cl2FNO2/c1-11(2)22-9-12-7-15(20)18(17(8-12)23-3)24-10-13-14(19)5-4-6-16(13)21/h4-8,11,22H,9-10H2,1-3H3. The highest BCUT2D eigenvalue weighted by atomic mass is 35.5. The SMILES string of the molecule is COc1cc(CNC(C)C)cc(Cl)c1OCc1c(F)cccc1Cl. The number of methoxy groups -OCH3 is 1. The molecule has 0 heterocycles. The number of halogens is 3. The molecule has 0 bridgehead atoms. The van der Waals surface area contributed by atoms with Gasteiger partial charge in [0.1, 0.15) is 12.4 Å². The third-order valence-corrected chi connectivity index (χ3v) is 4.06. The van der Waals surface area contributed by atoms with Crippen molar-refractivity contribution >= 4 is 23.2 Å². The molecule has 1 N–H and O–H groups in total. The average molecular weight is 372 g/mol. The fraction of sp³-hybridized carbons (Fsp3) is 0.333. The van der Waals surface area contributed by atoms with Crippen molar-refractivity contribution in [3.63, 3.8) is 0 Å². The van der Waals surface area contributed by atoms with E-state index in [1.54, 1.807) is 18.2 Å². The van der Waals surface area contributed by atoms with E-state index in [-0.39, 0.29) is 12.2 Å². The van der Waals surface area contributed by atoms with Gasteiger partial charge in [-0.2, -0.15) is 0 Å². The predicted molar refractivity (Wildman–Crippen MR) is 95.7 cm³/mol. The minimum Gasteiger partial charge on any atom is -0.493 e. The van der Waals surface area contributed by atoms with Crippen LogP contribution in [0.2, 0.25) is 10.0 Å². The zero-order valence-corrected chi connectivity index (χ0v) is 15.3. The Morgan fingerprint density at radius 3 is 2.54 bits per heavy atom. The third kappa shape index (κ3) is 4.76. The van der Waals surface area contributed by atoms with Crippen LogP contribution in [0.3, 0.4) is 0 Å². The van der Waals surface area contributed by atoms with Crippen molar-refractivity contribution in [2.75, 3.05) is 7.11 Å². The van der Waals surface area contributed by atoms with E-state index in [4.69, 9.17) is 32.7 Å². The molecule has 130 valence electrons. The van der Waals surface area contributed by atoms with Crippen LogP contribution >= 0.6 is 23.2 Å². The van der Waals surface area contributed by atoms with E-state index in [0.717, 1.165) is 5.56 Å². The average Bonchev–Trinajstić information content (AvgIpc) is 2.53. The Morgan fingerprint density at radius 1 is 1.17 bits per heavy atom. The Bertz CT molecular complexity index is 687. The van der Waals surface area contributed by atoms with E-state index >= 15 is 0 Å². The van der Waals surface area contributed by atoms with Gasteiger partial charge < -0.3 is 14.8 Å². The molecule has 24 heavy (non-hydrogen) atoms. The van der Waals surface area contributed by atoms with Crippen LogP contribution in [0.4, 0.5) is 4.39 Å². The summed E-state index contributed by atoms with van der Waals surface area (Å²) in [4.78, 5) is 0. The molecule has 2 aromatic rings. The molecule has 0 unspecified atom stereocenters. The number of hydrogen-bond acceptors (Lipinski definition) is 3. The van der Waals surface area contributed by atoms with Gasteiger partial charge in [0.2, 0.25) is 0 Å². The van der Waals surface area contributed by atoms with E-state index in [9.17, 15) is 4.39 Å². The molecular weight excluding hydrogens is 352 g/mol. The van der Waals surface area contributed by atoms with Gasteiger partial charge >= 0.3 is 0 Å². The zero-order valence-electron chi connectivity index (χ0n) is 13.8. The predicted octanol–water partition coefficient (Wildman–Crippen LogP) is 5.22. The number of ether oxygens (including phenoxy) is 2. The van der Waals surface area contributed by atoms with Gasteiger partial charge in [0.15, 0.2) is 11.5 Å². The molecule has 0 aliphatic rings. The van der Waals surface area contributed by atoms with Crippen LogP contribution < -0.4 is 14.8 Å². The van der Waals surface area contributed by atoms with Crippen LogP contribution in [0, 0.1) is 5.82 Å². The number of benzene rings is 2. The second kappa shape index (κ2) is 8.56. The van der Waals surface area contributed by atoms with Gasteiger partial charge in [-0.05, 0) is 29.8 Å². The monoisotopic (exact) mass is 371 g/mol. The van der Waals surface area contributed by atoms with Gasteiger partial charge in [-0.3, -0.25) is 0 Å². The summed E-state index contributed by atoms with van der Waals surface area (Å²) in [6.45, 7) is 4.75. The Hall–Kier alpha value is -1.49. The normalized spacial score (nSPS) is 11.0. The van der Waals surface area contributed by atoms with E-state index in [0.29, 0.717) is 34.1 Å². The van der Waals surface area contributed by atoms with Gasteiger partial charge in [-0.25, -0.2) is 4.39 Å². The van der Waals surface area contributed by atoms with E-state index in [1.807, 2.05) is 6.07 Å². The minimum atomic E-state index is -0.421. The van der Waals surface area contributed by atoms with Crippen LogP contribution in [-0.2, 0) is 13.2 Å². The second-order valence-corrected chi connectivity index (χ2v) is 6.45. The molecule has 0 aliphatic carbocycles. The molecule has 0 aromatic heterocycles. The van der Waals surface area contributed by atoms with Crippen LogP contribution in [0.15, 0.2) is 30.3 Å². The highest BCUT2D eigenvalue weighted by Crippen LogP contribution is 2.37. The lowest BCUT2D eigenvalue weighted by atomic mass is 10.2. The van der Waals surface area contributed by atoms with Gasteiger partial charge in [-0.15, -0.1) is 0 Å². The molecule has 0 atom stereocenters. The Balaban J connectivity index is 2.20. The number of nitrogens with one attached hydrogen (secondary N) is 1. The number of rotatable bonds is 7. The molecule has 0 fully saturated rings. The maximum atomic E-state index is 13.8. The molecule has 0 amide bonds. The fourth-order valence-electron chi connectivity index (χ4n) is 2.15. The maximum absolute atomic E-state index is 13.8. The van der Waals surface area contributed by atoms with Gasteiger partial charge in [0.05, 0.1) is 17.2 Å². The van der Waals surface area contributed by atoms with Gasteiger partial charge in [0.25, 0.3) is 0 Å². The molecule has 3 nitrogen and oxygen atoms in total. The van der Waals surface area contributed by atoms with E-state index < -0.39 is 5.82 Å². The lowest BCUT2D eigenvalue weighted by Gasteiger charge is -2.16. The van der Waals surface area contributed by atoms with Crippen LogP contribution in [0.25, 0.3) is 0 Å². The van der Waals surface area contributed by atoms with Crippen LogP contribution in [-0.4, -0.2) is 13.2 Å². The first kappa shape index (κ1) is 18.8. The summed E-state index contributed by atoms with van der Waals surface area (Å²) in [6, 6.07) is 8.50. The van der Waals surface area contributed by atoms with Crippen molar-refractivity contribution in [3.8, 4) is 11.5 Å². The molecule has 2 rings (SSSR count). The summed E-state index contributed by atoms with van der Waals surface area (Å²) < 4.78 is 24.9. The summed E-state index contributed by atoms with van der Waals surface area (Å²) >= 11 is 12.3. The van der Waals surface area contributed by atoms with Crippen molar-refractivity contribution in [3.05, 3.63) is 57.3 Å². The summed E-state index contributed by atoms with van der Waals surface area (Å²) in [6.07, 6.45) is 0. The second-order valence-electron chi connectivity index (χ2n) is 5.63. The minimum absolute atomic E-state index is 0.0365. The van der Waals surface area contributed by atoms with Crippen molar-refractivity contribution in [2.45, 2.75) is 33.0 Å². The van der Waals surface area contributed by atoms with Gasteiger partial charge in [0, 0.05) is 18.2 Å².